The van der Waals surface area contributed by atoms with E-state index in [0.717, 1.165) is 34.7 Å². The van der Waals surface area contributed by atoms with Crippen LogP contribution in [0.1, 0.15) is 31.7 Å². The summed E-state index contributed by atoms with van der Waals surface area (Å²) in [5, 5.41) is 3.24. The van der Waals surface area contributed by atoms with Crippen LogP contribution in [0, 0.1) is 0 Å². The number of carbonyl (C=O) groups is 1. The van der Waals surface area contributed by atoms with Crippen molar-refractivity contribution >= 4 is 22.5 Å². The number of fused-ring (bicyclic) bond motifs is 1. The third-order valence-corrected chi connectivity index (χ3v) is 5.55. The molecule has 0 saturated heterocycles. The Labute approximate surface area is 192 Å². The zero-order valence-corrected chi connectivity index (χ0v) is 19.1. The minimum Gasteiger partial charge on any atom is -0.497 e. The fourth-order valence-corrected chi connectivity index (χ4v) is 3.89. The summed E-state index contributed by atoms with van der Waals surface area (Å²) in [5.74, 6) is 1.41. The maximum atomic E-state index is 13.4. The molecule has 1 amide bonds. The number of hydrogen-bond donors (Lipinski definition) is 1. The normalized spacial score (nSPS) is 10.9. The quantitative estimate of drug-likeness (QED) is 0.436. The van der Waals surface area contributed by atoms with Crippen LogP contribution < -0.4 is 15.6 Å². The van der Waals surface area contributed by atoms with Gasteiger partial charge in [0, 0.05) is 19.0 Å². The second kappa shape index (κ2) is 9.69. The molecule has 0 atom stereocenters. The lowest BCUT2D eigenvalue weighted by Crippen LogP contribution is -2.26. The van der Waals surface area contributed by atoms with Crippen molar-refractivity contribution in [3.05, 3.63) is 88.5 Å². The molecule has 1 heterocycles. The van der Waals surface area contributed by atoms with Crippen LogP contribution in [0.15, 0.2) is 71.5 Å². The Morgan fingerprint density at radius 1 is 1.00 bits per heavy atom. The molecule has 4 rings (SSSR count). The maximum Gasteiger partial charge on any atom is 0.261 e. The fraction of sp³-hybridized carbons (Fsp3) is 0.222. The third kappa shape index (κ3) is 4.95. The van der Waals surface area contributed by atoms with Crippen LogP contribution in [0.4, 0.5) is 5.69 Å². The Morgan fingerprint density at radius 2 is 1.67 bits per heavy atom. The van der Waals surface area contributed by atoms with E-state index in [1.54, 1.807) is 29.9 Å². The van der Waals surface area contributed by atoms with Gasteiger partial charge in [-0.25, -0.2) is 4.98 Å². The summed E-state index contributed by atoms with van der Waals surface area (Å²) in [6.45, 7) is 3.95. The average molecular weight is 442 g/mol. The Balaban J connectivity index is 1.68. The summed E-state index contributed by atoms with van der Waals surface area (Å²) in [6.07, 6.45) is 1.60. The van der Waals surface area contributed by atoms with Crippen molar-refractivity contribution in [2.24, 2.45) is 0 Å². The van der Waals surface area contributed by atoms with Gasteiger partial charge in [-0.1, -0.05) is 43.3 Å². The highest BCUT2D eigenvalue weighted by atomic mass is 16.5. The Hall–Kier alpha value is -3.93. The summed E-state index contributed by atoms with van der Waals surface area (Å²) in [6, 6.07) is 21.4. The first-order chi connectivity index (χ1) is 16.0. The van der Waals surface area contributed by atoms with Gasteiger partial charge < -0.3 is 10.1 Å². The number of ether oxygens (including phenoxy) is 1. The van der Waals surface area contributed by atoms with Gasteiger partial charge in [-0.3, -0.25) is 14.2 Å². The molecule has 6 heteroatoms. The van der Waals surface area contributed by atoms with Crippen LogP contribution in [0.25, 0.3) is 22.0 Å². The molecule has 0 aliphatic rings. The van der Waals surface area contributed by atoms with Gasteiger partial charge in [0.25, 0.3) is 5.56 Å². The number of benzene rings is 3. The van der Waals surface area contributed by atoms with E-state index in [-0.39, 0.29) is 11.5 Å². The van der Waals surface area contributed by atoms with Gasteiger partial charge in [0.05, 0.1) is 24.6 Å². The Kier molecular flexibility index (Phi) is 6.54. The van der Waals surface area contributed by atoms with Gasteiger partial charge >= 0.3 is 0 Å². The molecular weight excluding hydrogens is 414 g/mol. The number of rotatable bonds is 7. The van der Waals surface area contributed by atoms with Crippen molar-refractivity contribution in [3.63, 3.8) is 0 Å². The number of aryl methyl sites for hydroxylation is 1. The van der Waals surface area contributed by atoms with E-state index in [4.69, 9.17) is 9.72 Å². The van der Waals surface area contributed by atoms with Gasteiger partial charge in [-0.15, -0.1) is 0 Å². The number of carbonyl (C=O) groups excluding carboxylic acids is 1. The van der Waals surface area contributed by atoms with Gasteiger partial charge in [0.1, 0.15) is 11.6 Å². The monoisotopic (exact) mass is 441 g/mol. The fourth-order valence-electron chi connectivity index (χ4n) is 3.89. The highest BCUT2D eigenvalue weighted by Gasteiger charge is 2.12. The average Bonchev–Trinajstić information content (AvgIpc) is 2.82. The van der Waals surface area contributed by atoms with Crippen LogP contribution in [0.3, 0.4) is 0 Å². The van der Waals surface area contributed by atoms with Crippen LogP contribution in [0.2, 0.25) is 0 Å². The zero-order valence-electron chi connectivity index (χ0n) is 19.1. The summed E-state index contributed by atoms with van der Waals surface area (Å²) < 4.78 is 6.97. The first-order valence-corrected chi connectivity index (χ1v) is 11.0. The molecule has 6 nitrogen and oxygen atoms in total. The van der Waals surface area contributed by atoms with Gasteiger partial charge in [0.2, 0.25) is 5.91 Å². The molecule has 0 aliphatic carbocycles. The van der Waals surface area contributed by atoms with Crippen LogP contribution >= 0.6 is 0 Å². The van der Waals surface area contributed by atoms with Crippen LogP contribution in [-0.4, -0.2) is 22.6 Å². The highest BCUT2D eigenvalue weighted by molar-refractivity contribution is 5.92. The standard InChI is InChI=1S/C27H27N3O3/c1-4-5-26-29-25-15-12-22(28-18(2)31)16-24(25)27(32)30(26)17-19-6-8-20(9-7-19)21-10-13-23(33-3)14-11-21/h6-16H,4-5,17H2,1-3H3,(H,28,31). The zero-order chi connectivity index (χ0) is 23.4. The first kappa shape index (κ1) is 22.3. The minimum atomic E-state index is -0.179. The van der Waals surface area contributed by atoms with E-state index in [0.29, 0.717) is 29.6 Å². The minimum absolute atomic E-state index is 0.102. The molecule has 0 saturated carbocycles. The predicted molar refractivity (Wildman–Crippen MR) is 132 cm³/mol. The molecule has 3 aromatic carbocycles. The van der Waals surface area contributed by atoms with Gasteiger partial charge in [0.15, 0.2) is 0 Å². The van der Waals surface area contributed by atoms with Crippen molar-refractivity contribution < 1.29 is 9.53 Å². The number of anilines is 1. The summed E-state index contributed by atoms with van der Waals surface area (Å²) in [4.78, 5) is 29.6. The lowest BCUT2D eigenvalue weighted by Gasteiger charge is -2.14. The molecule has 0 unspecified atom stereocenters. The Bertz CT molecular complexity index is 1340. The van der Waals surface area contributed by atoms with Gasteiger partial charge in [-0.05, 0) is 53.4 Å². The summed E-state index contributed by atoms with van der Waals surface area (Å²) in [5.41, 5.74) is 4.35. The molecule has 0 aliphatic heterocycles. The van der Waals surface area contributed by atoms with E-state index in [1.807, 2.05) is 36.4 Å². The van der Waals surface area contributed by atoms with Crippen molar-refractivity contribution in [1.29, 1.82) is 0 Å². The second-order valence-electron chi connectivity index (χ2n) is 8.01. The number of methoxy groups -OCH3 is 1. The molecule has 168 valence electrons. The van der Waals surface area contributed by atoms with E-state index in [9.17, 15) is 9.59 Å². The SMILES string of the molecule is CCCc1nc2ccc(NC(C)=O)cc2c(=O)n1Cc1ccc(-c2ccc(OC)cc2)cc1. The molecule has 0 spiro atoms. The van der Waals surface area contributed by atoms with Crippen molar-refractivity contribution in [2.45, 2.75) is 33.2 Å². The largest absolute Gasteiger partial charge is 0.497 e. The number of amides is 1. The summed E-state index contributed by atoms with van der Waals surface area (Å²) >= 11 is 0. The molecule has 1 N–H and O–H groups in total. The van der Waals surface area contributed by atoms with E-state index in [2.05, 4.69) is 24.4 Å². The lowest BCUT2D eigenvalue weighted by atomic mass is 10.0. The summed E-state index contributed by atoms with van der Waals surface area (Å²) in [7, 11) is 1.65. The molecule has 33 heavy (non-hydrogen) atoms. The first-order valence-electron chi connectivity index (χ1n) is 11.0. The highest BCUT2D eigenvalue weighted by Crippen LogP contribution is 2.23. The molecule has 1 aromatic heterocycles. The lowest BCUT2D eigenvalue weighted by molar-refractivity contribution is -0.114. The number of aromatic nitrogens is 2. The van der Waals surface area contributed by atoms with Crippen molar-refractivity contribution in [3.8, 4) is 16.9 Å². The number of nitrogens with zero attached hydrogens (tertiary/aromatic N) is 2. The molecule has 0 fully saturated rings. The van der Waals surface area contributed by atoms with Crippen LogP contribution in [0.5, 0.6) is 5.75 Å². The second-order valence-corrected chi connectivity index (χ2v) is 8.01. The molecule has 4 aromatic rings. The number of nitrogens with one attached hydrogen (secondary N) is 1. The van der Waals surface area contributed by atoms with Crippen LogP contribution in [-0.2, 0) is 17.8 Å². The topological polar surface area (TPSA) is 73.2 Å². The molecular formula is C27H27N3O3. The smallest absolute Gasteiger partial charge is 0.261 e. The predicted octanol–water partition coefficient (Wildman–Crippen LogP) is 5.03. The molecule has 0 radical (unpaired) electrons. The van der Waals surface area contributed by atoms with E-state index < -0.39 is 0 Å². The van der Waals surface area contributed by atoms with Crippen molar-refractivity contribution in [1.82, 2.24) is 9.55 Å². The molecule has 0 bridgehead atoms. The third-order valence-electron chi connectivity index (χ3n) is 5.55. The number of hydrogen-bond acceptors (Lipinski definition) is 4. The van der Waals surface area contributed by atoms with Gasteiger partial charge in [-0.2, -0.15) is 0 Å². The van der Waals surface area contributed by atoms with E-state index >= 15 is 0 Å². The Morgan fingerprint density at radius 3 is 2.27 bits per heavy atom. The van der Waals surface area contributed by atoms with Crippen molar-refractivity contribution in [2.75, 3.05) is 12.4 Å². The maximum absolute atomic E-state index is 13.4. The van der Waals surface area contributed by atoms with E-state index in [1.165, 1.54) is 6.92 Å².